The number of aromatic hydroxyl groups is 1. The molecule has 10 nitrogen and oxygen atoms in total. The number of aliphatic hydroxyl groups excluding tert-OH is 1. The zero-order valence-electron chi connectivity index (χ0n) is 21.7. The fraction of sp³-hybridized carbons (Fsp3) is 0.250. The summed E-state index contributed by atoms with van der Waals surface area (Å²) in [6, 6.07) is 16.1. The van der Waals surface area contributed by atoms with Crippen molar-refractivity contribution >= 4 is 15.7 Å². The normalized spacial score (nSPS) is 13.9. The molecule has 4 aromatic rings. The number of nitrogens with one attached hydrogen (secondary N) is 1. The van der Waals surface area contributed by atoms with Crippen molar-refractivity contribution in [3.8, 4) is 28.3 Å². The number of rotatable bonds is 9. The van der Waals surface area contributed by atoms with Crippen molar-refractivity contribution in [1.29, 1.82) is 0 Å². The number of carbonyl (C=O) groups excluding carboxylic acids is 1. The maximum atomic E-state index is 12.9. The smallest absolute Gasteiger partial charge is 0.255 e. The maximum absolute atomic E-state index is 12.9. The molecule has 0 bridgehead atoms. The third kappa shape index (κ3) is 6.10. The molecule has 11 heteroatoms. The van der Waals surface area contributed by atoms with E-state index in [1.165, 1.54) is 31.3 Å². The highest BCUT2D eigenvalue weighted by Crippen LogP contribution is 2.28. The number of phenolic OH excluding ortho intramolecular Hbond substituents is 1. The quantitative estimate of drug-likeness (QED) is 0.287. The molecule has 4 rings (SSSR count). The van der Waals surface area contributed by atoms with Crippen LogP contribution in [0.5, 0.6) is 5.75 Å². The van der Waals surface area contributed by atoms with E-state index >= 15 is 0 Å². The Kier molecular flexibility index (Phi) is 7.75. The Balaban J connectivity index is 1.51. The predicted molar refractivity (Wildman–Crippen MR) is 146 cm³/mol. The summed E-state index contributed by atoms with van der Waals surface area (Å²) in [5, 5.41) is 23.3. The molecule has 0 fully saturated rings. The minimum Gasteiger partial charge on any atom is -0.507 e. The van der Waals surface area contributed by atoms with Crippen LogP contribution < -0.4 is 10.9 Å². The van der Waals surface area contributed by atoms with Crippen molar-refractivity contribution in [3.63, 3.8) is 0 Å². The summed E-state index contributed by atoms with van der Waals surface area (Å²) in [5.74, 6) is 0.275. The molecule has 0 aliphatic rings. The van der Waals surface area contributed by atoms with Gasteiger partial charge >= 0.3 is 0 Å². The first kappa shape index (κ1) is 27.8. The third-order valence-corrected chi connectivity index (χ3v) is 8.74. The van der Waals surface area contributed by atoms with Gasteiger partial charge in [-0.1, -0.05) is 24.3 Å². The van der Waals surface area contributed by atoms with Crippen LogP contribution in [0.3, 0.4) is 0 Å². The fourth-order valence-corrected chi connectivity index (χ4v) is 4.86. The van der Waals surface area contributed by atoms with Crippen molar-refractivity contribution in [2.45, 2.75) is 31.2 Å². The molecule has 0 saturated carbocycles. The molecule has 2 aromatic carbocycles. The molecule has 0 aliphatic heterocycles. The van der Waals surface area contributed by atoms with Gasteiger partial charge in [-0.25, -0.2) is 13.4 Å². The predicted octanol–water partition coefficient (Wildman–Crippen LogP) is 3.30. The molecule has 0 aliphatic carbocycles. The van der Waals surface area contributed by atoms with E-state index in [0.717, 1.165) is 21.9 Å². The number of oxazole rings is 1. The first-order valence-corrected chi connectivity index (χ1v) is 14.0. The van der Waals surface area contributed by atoms with Crippen molar-refractivity contribution in [3.05, 3.63) is 94.7 Å². The standard InChI is InChI=1S/C28H29N3O7S/c1-18-16-29-27(38-18)20-10-8-19(9-11-20)21-12-13-31(24(33)14-21)25(34)15-28(2,39(3,36)37)17-30-26(35)22-6-4-5-7-23(22)32/h4-14,16,25,32,34H,15,17H2,1-3H3,(H,30,35). The Morgan fingerprint density at radius 1 is 1.10 bits per heavy atom. The summed E-state index contributed by atoms with van der Waals surface area (Å²) in [6.07, 6.45) is 2.18. The van der Waals surface area contributed by atoms with Gasteiger partial charge in [0.15, 0.2) is 9.84 Å². The molecule has 3 N–H and O–H groups in total. The van der Waals surface area contributed by atoms with Gasteiger partial charge in [-0.3, -0.25) is 14.2 Å². The minimum absolute atomic E-state index is 0.00993. The number of benzene rings is 2. The van der Waals surface area contributed by atoms with Crippen LogP contribution in [0.1, 0.15) is 35.7 Å². The second kappa shape index (κ2) is 10.9. The topological polar surface area (TPSA) is 152 Å². The molecule has 2 aromatic heterocycles. The van der Waals surface area contributed by atoms with Gasteiger partial charge in [0.1, 0.15) is 17.7 Å². The van der Waals surface area contributed by atoms with Crippen LogP contribution in [0.4, 0.5) is 0 Å². The summed E-state index contributed by atoms with van der Waals surface area (Å²) in [5.41, 5.74) is 1.61. The minimum atomic E-state index is -3.81. The number of amides is 1. The van der Waals surface area contributed by atoms with Crippen molar-refractivity contribution in [1.82, 2.24) is 14.9 Å². The number of nitrogens with zero attached hydrogens (tertiary/aromatic N) is 2. The molecule has 0 spiro atoms. The maximum Gasteiger partial charge on any atom is 0.255 e. The Hall–Kier alpha value is -4.22. The second-order valence-corrected chi connectivity index (χ2v) is 12.2. The number of carbonyl (C=O) groups is 1. The van der Waals surface area contributed by atoms with E-state index in [-0.39, 0.29) is 24.3 Å². The zero-order chi connectivity index (χ0) is 28.4. The van der Waals surface area contributed by atoms with Crippen molar-refractivity contribution < 1.29 is 27.8 Å². The van der Waals surface area contributed by atoms with E-state index in [1.807, 2.05) is 24.3 Å². The van der Waals surface area contributed by atoms with Crippen LogP contribution >= 0.6 is 0 Å². The average Bonchev–Trinajstić information content (AvgIpc) is 3.33. The number of aryl methyl sites for hydroxylation is 1. The molecule has 204 valence electrons. The van der Waals surface area contributed by atoms with E-state index in [9.17, 15) is 28.2 Å². The van der Waals surface area contributed by atoms with E-state index < -0.39 is 32.3 Å². The van der Waals surface area contributed by atoms with Gasteiger partial charge in [0.2, 0.25) is 5.89 Å². The lowest BCUT2D eigenvalue weighted by molar-refractivity contribution is 0.0767. The Morgan fingerprint density at radius 2 is 1.77 bits per heavy atom. The molecule has 39 heavy (non-hydrogen) atoms. The van der Waals surface area contributed by atoms with E-state index in [4.69, 9.17) is 4.42 Å². The Morgan fingerprint density at radius 3 is 2.36 bits per heavy atom. The fourth-order valence-electron chi connectivity index (χ4n) is 4.08. The molecule has 0 saturated heterocycles. The van der Waals surface area contributed by atoms with Gasteiger partial charge in [-0.15, -0.1) is 0 Å². The number of hydrogen-bond acceptors (Lipinski definition) is 8. The lowest BCUT2D eigenvalue weighted by atomic mass is 10.0. The number of phenols is 1. The zero-order valence-corrected chi connectivity index (χ0v) is 22.5. The van der Waals surface area contributed by atoms with Crippen LogP contribution in [0.15, 0.2) is 82.3 Å². The SMILES string of the molecule is Cc1cnc(-c2ccc(-c3ccn(C(O)CC(C)(CNC(=O)c4ccccc4O)S(C)(=O)=O)c(=O)c3)cc2)o1. The highest BCUT2D eigenvalue weighted by molar-refractivity contribution is 7.92. The first-order chi connectivity index (χ1) is 18.4. The lowest BCUT2D eigenvalue weighted by Crippen LogP contribution is -2.48. The van der Waals surface area contributed by atoms with Gasteiger partial charge < -0.3 is 19.9 Å². The van der Waals surface area contributed by atoms with Gasteiger partial charge in [0.05, 0.1) is 16.5 Å². The number of sulfone groups is 1. The second-order valence-electron chi connectivity index (χ2n) is 9.62. The van der Waals surface area contributed by atoms with Crippen LogP contribution in [0.2, 0.25) is 0 Å². The highest BCUT2D eigenvalue weighted by atomic mass is 32.2. The first-order valence-electron chi connectivity index (χ1n) is 12.1. The number of para-hydroxylation sites is 1. The summed E-state index contributed by atoms with van der Waals surface area (Å²) in [4.78, 5) is 29.6. The van der Waals surface area contributed by atoms with E-state index in [0.29, 0.717) is 17.2 Å². The Labute approximate surface area is 225 Å². The molecule has 1 amide bonds. The average molecular weight is 552 g/mol. The summed E-state index contributed by atoms with van der Waals surface area (Å²) >= 11 is 0. The number of aromatic nitrogens is 2. The van der Waals surface area contributed by atoms with Crippen molar-refractivity contribution in [2.75, 3.05) is 12.8 Å². The van der Waals surface area contributed by atoms with Gasteiger partial charge in [0, 0.05) is 37.0 Å². The van der Waals surface area contributed by atoms with Crippen LogP contribution in [-0.4, -0.2) is 51.6 Å². The molecular weight excluding hydrogens is 522 g/mol. The van der Waals surface area contributed by atoms with Gasteiger partial charge in [-0.2, -0.15) is 0 Å². The van der Waals surface area contributed by atoms with Gasteiger partial charge in [0.25, 0.3) is 11.5 Å². The van der Waals surface area contributed by atoms with Crippen molar-refractivity contribution in [2.24, 2.45) is 0 Å². The summed E-state index contributed by atoms with van der Waals surface area (Å²) < 4.78 is 30.3. The monoisotopic (exact) mass is 551 g/mol. The van der Waals surface area contributed by atoms with Crippen LogP contribution in [0.25, 0.3) is 22.6 Å². The number of aliphatic hydroxyl groups is 1. The number of hydrogen-bond donors (Lipinski definition) is 3. The van der Waals surface area contributed by atoms with Crippen LogP contribution in [-0.2, 0) is 9.84 Å². The molecule has 2 unspecified atom stereocenters. The van der Waals surface area contributed by atoms with E-state index in [1.54, 1.807) is 31.3 Å². The molecule has 2 atom stereocenters. The van der Waals surface area contributed by atoms with Crippen LogP contribution in [0, 0.1) is 6.92 Å². The summed E-state index contributed by atoms with van der Waals surface area (Å²) in [6.45, 7) is 2.84. The lowest BCUT2D eigenvalue weighted by Gasteiger charge is -2.30. The van der Waals surface area contributed by atoms with E-state index in [2.05, 4.69) is 10.3 Å². The Bertz CT molecular complexity index is 1660. The molecular formula is C28H29N3O7S. The highest BCUT2D eigenvalue weighted by Gasteiger charge is 2.39. The third-order valence-electron chi connectivity index (χ3n) is 6.64. The molecule has 2 heterocycles. The number of pyridine rings is 1. The molecule has 0 radical (unpaired) electrons. The summed E-state index contributed by atoms with van der Waals surface area (Å²) in [7, 11) is -3.81. The largest absolute Gasteiger partial charge is 0.507 e. The van der Waals surface area contributed by atoms with Gasteiger partial charge in [-0.05, 0) is 55.3 Å².